The predicted octanol–water partition coefficient (Wildman–Crippen LogP) is 2.68. The molecule has 2 aliphatic heterocycles. The highest BCUT2D eigenvalue weighted by molar-refractivity contribution is 7.86. The summed E-state index contributed by atoms with van der Waals surface area (Å²) in [6.45, 7) is 0.375. The van der Waals surface area contributed by atoms with Crippen LogP contribution >= 0.6 is 0 Å². The SMILES string of the molecule is CN(CC1CCN(C(=O)C2CC(OS(C)(=O)=O)CN2C(=O)OCc2ccc([N+](=O)[O-])cc2)C1)C(=O)OCc1ccc([N+](=O)[O-])cc1. The summed E-state index contributed by atoms with van der Waals surface area (Å²) < 4.78 is 39.3. The molecule has 0 N–H and O–H groups in total. The molecular formula is C28H33N5O12S. The van der Waals surface area contributed by atoms with Crippen LogP contribution in [0.15, 0.2) is 48.5 Å². The Bertz CT molecular complexity index is 1570. The van der Waals surface area contributed by atoms with Gasteiger partial charge in [-0.25, -0.2) is 9.59 Å². The molecule has 3 atom stereocenters. The maximum absolute atomic E-state index is 13.6. The molecule has 46 heavy (non-hydrogen) atoms. The van der Waals surface area contributed by atoms with Gasteiger partial charge >= 0.3 is 12.2 Å². The summed E-state index contributed by atoms with van der Waals surface area (Å²) in [5.41, 5.74) is 0.847. The van der Waals surface area contributed by atoms with Gasteiger partial charge in [0, 0.05) is 57.4 Å². The average molecular weight is 664 g/mol. The molecule has 0 aliphatic carbocycles. The van der Waals surface area contributed by atoms with Gasteiger partial charge in [-0.05, 0) is 47.7 Å². The predicted molar refractivity (Wildman–Crippen MR) is 159 cm³/mol. The van der Waals surface area contributed by atoms with E-state index in [0.29, 0.717) is 24.1 Å². The van der Waals surface area contributed by atoms with Crippen LogP contribution in [0, 0.1) is 26.1 Å². The summed E-state index contributed by atoms with van der Waals surface area (Å²) in [5.74, 6) is -0.523. The molecular weight excluding hydrogens is 630 g/mol. The Morgan fingerprint density at radius 2 is 1.46 bits per heavy atom. The third-order valence-electron chi connectivity index (χ3n) is 7.55. The van der Waals surface area contributed by atoms with Crippen LogP contribution in [-0.2, 0) is 41.8 Å². The van der Waals surface area contributed by atoms with Crippen molar-refractivity contribution in [3.05, 3.63) is 79.9 Å². The van der Waals surface area contributed by atoms with E-state index in [1.165, 1.54) is 53.4 Å². The topological polar surface area (TPSA) is 209 Å². The highest BCUT2D eigenvalue weighted by Gasteiger charge is 2.45. The van der Waals surface area contributed by atoms with Crippen molar-refractivity contribution < 1.29 is 46.3 Å². The highest BCUT2D eigenvalue weighted by atomic mass is 32.2. The first-order valence-corrected chi connectivity index (χ1v) is 16.0. The van der Waals surface area contributed by atoms with Crippen LogP contribution in [0.5, 0.6) is 0 Å². The molecule has 2 saturated heterocycles. The van der Waals surface area contributed by atoms with Gasteiger partial charge in [0.25, 0.3) is 21.5 Å². The van der Waals surface area contributed by atoms with Gasteiger partial charge in [0.2, 0.25) is 5.91 Å². The number of benzene rings is 2. The Balaban J connectivity index is 1.32. The molecule has 2 aromatic rings. The molecule has 0 radical (unpaired) electrons. The molecule has 17 nitrogen and oxygen atoms in total. The monoisotopic (exact) mass is 663 g/mol. The van der Waals surface area contributed by atoms with Crippen LogP contribution in [0.4, 0.5) is 21.0 Å². The van der Waals surface area contributed by atoms with E-state index in [4.69, 9.17) is 13.7 Å². The van der Waals surface area contributed by atoms with Gasteiger partial charge in [0.05, 0.1) is 28.8 Å². The number of carbonyl (C=O) groups is 3. The van der Waals surface area contributed by atoms with Gasteiger partial charge < -0.3 is 19.3 Å². The van der Waals surface area contributed by atoms with Gasteiger partial charge in [0.1, 0.15) is 19.3 Å². The molecule has 248 valence electrons. The smallest absolute Gasteiger partial charge is 0.410 e. The van der Waals surface area contributed by atoms with Gasteiger partial charge in [-0.3, -0.25) is 34.1 Å². The highest BCUT2D eigenvalue weighted by Crippen LogP contribution is 2.28. The van der Waals surface area contributed by atoms with E-state index in [-0.39, 0.29) is 56.6 Å². The molecule has 2 heterocycles. The second kappa shape index (κ2) is 14.5. The summed E-state index contributed by atoms with van der Waals surface area (Å²) in [4.78, 5) is 63.8. The lowest BCUT2D eigenvalue weighted by molar-refractivity contribution is -0.385. The fraction of sp³-hybridized carbons (Fsp3) is 0.464. The van der Waals surface area contributed by atoms with Gasteiger partial charge in [-0.1, -0.05) is 0 Å². The first-order valence-electron chi connectivity index (χ1n) is 14.1. The molecule has 2 fully saturated rings. The molecule has 0 spiro atoms. The Kier molecular flexibility index (Phi) is 10.7. The van der Waals surface area contributed by atoms with Crippen molar-refractivity contribution in [2.24, 2.45) is 5.92 Å². The van der Waals surface area contributed by atoms with Crippen LogP contribution in [0.1, 0.15) is 24.0 Å². The zero-order valence-corrected chi connectivity index (χ0v) is 25.9. The van der Waals surface area contributed by atoms with Crippen molar-refractivity contribution in [1.29, 1.82) is 0 Å². The third-order valence-corrected chi connectivity index (χ3v) is 8.18. The lowest BCUT2D eigenvalue weighted by Crippen LogP contribution is -2.47. The first kappa shape index (κ1) is 34.0. The number of non-ortho nitro benzene ring substituents is 2. The Labute approximate surface area is 264 Å². The molecule has 3 unspecified atom stereocenters. The van der Waals surface area contributed by atoms with Gasteiger partial charge in [0.15, 0.2) is 0 Å². The van der Waals surface area contributed by atoms with Crippen molar-refractivity contribution in [2.45, 2.75) is 38.2 Å². The normalized spacial score (nSPS) is 19.5. The molecule has 0 aromatic heterocycles. The summed E-state index contributed by atoms with van der Waals surface area (Å²) in [6.07, 6.45) is -1.09. The van der Waals surface area contributed by atoms with Crippen molar-refractivity contribution in [2.75, 3.05) is 39.5 Å². The van der Waals surface area contributed by atoms with E-state index in [0.717, 1.165) is 11.2 Å². The lowest BCUT2D eigenvalue weighted by Gasteiger charge is -2.27. The Hall–Kier alpha value is -4.84. The minimum Gasteiger partial charge on any atom is -0.445 e. The summed E-state index contributed by atoms with van der Waals surface area (Å²) in [7, 11) is -2.33. The van der Waals surface area contributed by atoms with Crippen molar-refractivity contribution >= 4 is 39.6 Å². The number of ether oxygens (including phenoxy) is 2. The minimum atomic E-state index is -3.88. The van der Waals surface area contributed by atoms with E-state index < -0.39 is 50.2 Å². The second-order valence-corrected chi connectivity index (χ2v) is 12.7. The standard InChI is InChI=1S/C28H33N5O12S/c1-29(27(35)43-17-19-3-7-22(8-4-19)32(37)38)14-21-11-12-30(15-21)26(34)25-13-24(45-46(2,41)42)16-31(25)28(36)44-18-20-5-9-23(10-6-20)33(39)40/h3-10,21,24-25H,11-18H2,1-2H3. The summed E-state index contributed by atoms with van der Waals surface area (Å²) in [6, 6.07) is 9.96. The largest absolute Gasteiger partial charge is 0.445 e. The number of amides is 3. The maximum atomic E-state index is 13.6. The molecule has 2 aliphatic rings. The van der Waals surface area contributed by atoms with E-state index in [9.17, 15) is 43.0 Å². The quantitative estimate of drug-likeness (QED) is 0.193. The minimum absolute atomic E-state index is 0.0748. The van der Waals surface area contributed by atoms with Crippen molar-refractivity contribution in [3.63, 3.8) is 0 Å². The Morgan fingerprint density at radius 1 is 0.913 bits per heavy atom. The summed E-state index contributed by atoms with van der Waals surface area (Å²) >= 11 is 0. The second-order valence-electron chi connectivity index (χ2n) is 11.1. The van der Waals surface area contributed by atoms with Crippen LogP contribution in [0.2, 0.25) is 0 Å². The van der Waals surface area contributed by atoms with Crippen LogP contribution in [0.3, 0.4) is 0 Å². The van der Waals surface area contributed by atoms with Crippen LogP contribution in [0.25, 0.3) is 0 Å². The van der Waals surface area contributed by atoms with Crippen LogP contribution < -0.4 is 0 Å². The van der Waals surface area contributed by atoms with Gasteiger partial charge in [-0.2, -0.15) is 8.42 Å². The lowest BCUT2D eigenvalue weighted by atomic mass is 10.1. The van der Waals surface area contributed by atoms with Crippen LogP contribution in [-0.4, -0.2) is 103 Å². The molecule has 4 rings (SSSR count). The molecule has 2 aromatic carbocycles. The number of hydrogen-bond acceptors (Lipinski definition) is 12. The number of rotatable bonds is 11. The number of carbonyl (C=O) groups excluding carboxylic acids is 3. The Morgan fingerprint density at radius 3 is 1.98 bits per heavy atom. The number of hydrogen-bond donors (Lipinski definition) is 0. The van der Waals surface area contributed by atoms with E-state index >= 15 is 0 Å². The molecule has 3 amide bonds. The third kappa shape index (κ3) is 9.10. The summed E-state index contributed by atoms with van der Waals surface area (Å²) in [5, 5.41) is 21.7. The molecule has 0 bridgehead atoms. The number of likely N-dealkylation sites (tertiary alicyclic amines) is 2. The average Bonchev–Trinajstić information content (AvgIpc) is 3.65. The van der Waals surface area contributed by atoms with Gasteiger partial charge in [-0.15, -0.1) is 0 Å². The maximum Gasteiger partial charge on any atom is 0.410 e. The number of nitro groups is 2. The van der Waals surface area contributed by atoms with Crippen molar-refractivity contribution in [1.82, 2.24) is 14.7 Å². The van der Waals surface area contributed by atoms with Crippen molar-refractivity contribution in [3.8, 4) is 0 Å². The fourth-order valence-corrected chi connectivity index (χ4v) is 5.95. The fourth-order valence-electron chi connectivity index (χ4n) is 5.32. The molecule has 0 saturated carbocycles. The zero-order chi connectivity index (χ0) is 33.6. The number of nitro benzene ring substituents is 2. The first-order chi connectivity index (χ1) is 21.7. The van der Waals surface area contributed by atoms with E-state index in [2.05, 4.69) is 0 Å². The zero-order valence-electron chi connectivity index (χ0n) is 25.1. The van der Waals surface area contributed by atoms with E-state index in [1.807, 2.05) is 0 Å². The molecule has 18 heteroatoms. The number of nitrogens with zero attached hydrogens (tertiary/aromatic N) is 5. The van der Waals surface area contributed by atoms with E-state index in [1.54, 1.807) is 11.9 Å².